The molecule has 2 heterocycles. The van der Waals surface area contributed by atoms with Gasteiger partial charge in [0.25, 0.3) is 0 Å². The lowest BCUT2D eigenvalue weighted by Gasteiger charge is -2.32. The van der Waals surface area contributed by atoms with E-state index in [2.05, 4.69) is 25.8 Å². The van der Waals surface area contributed by atoms with E-state index in [4.69, 9.17) is 4.74 Å². The van der Waals surface area contributed by atoms with Crippen molar-refractivity contribution in [2.24, 2.45) is 0 Å². The van der Waals surface area contributed by atoms with Crippen LogP contribution in [0, 0.1) is 6.92 Å². The first-order chi connectivity index (χ1) is 11.3. The van der Waals surface area contributed by atoms with Gasteiger partial charge in [-0.15, -0.1) is 0 Å². The molecule has 0 unspecified atom stereocenters. The summed E-state index contributed by atoms with van der Waals surface area (Å²) >= 11 is 0. The minimum atomic E-state index is -0.437. The van der Waals surface area contributed by atoms with Gasteiger partial charge in [0.15, 0.2) is 0 Å². The van der Waals surface area contributed by atoms with Crippen molar-refractivity contribution in [3.63, 3.8) is 0 Å². The Hall–Kier alpha value is -1.65. The molecule has 0 saturated heterocycles. The molecule has 130 valence electrons. The number of benzene rings is 1. The molecule has 2 aliphatic heterocycles. The number of amides is 1. The molecule has 5 heteroatoms. The summed E-state index contributed by atoms with van der Waals surface area (Å²) in [5.41, 5.74) is 6.74. The predicted molar refractivity (Wildman–Crippen MR) is 101 cm³/mol. The van der Waals surface area contributed by atoms with Crippen molar-refractivity contribution >= 4 is 19.8 Å². The average molecular weight is 328 g/mol. The number of fused-ring (bicyclic) bond motifs is 2. The molecule has 3 rings (SSSR count). The van der Waals surface area contributed by atoms with Crippen molar-refractivity contribution in [2.45, 2.75) is 59.0 Å². The van der Waals surface area contributed by atoms with E-state index < -0.39 is 5.60 Å². The summed E-state index contributed by atoms with van der Waals surface area (Å²) in [5.74, 6) is 0. The van der Waals surface area contributed by atoms with E-state index in [9.17, 15) is 4.79 Å². The molecular weight excluding hydrogens is 299 g/mol. The number of hydrogen-bond acceptors (Lipinski definition) is 3. The van der Waals surface area contributed by atoms with Crippen molar-refractivity contribution in [3.8, 4) is 0 Å². The Morgan fingerprint density at radius 2 is 1.83 bits per heavy atom. The molecule has 24 heavy (non-hydrogen) atoms. The number of nitrogens with zero attached hydrogens (tertiary/aromatic N) is 2. The molecule has 0 N–H and O–H groups in total. The molecule has 0 fully saturated rings. The van der Waals surface area contributed by atoms with Crippen LogP contribution in [0.5, 0.6) is 0 Å². The number of ether oxygens (including phenoxy) is 1. The summed E-state index contributed by atoms with van der Waals surface area (Å²) in [4.78, 5) is 16.7. The fourth-order valence-electron chi connectivity index (χ4n) is 4.03. The van der Waals surface area contributed by atoms with Crippen molar-refractivity contribution in [2.75, 3.05) is 24.4 Å². The molecule has 0 atom stereocenters. The van der Waals surface area contributed by atoms with Gasteiger partial charge in [0.05, 0.1) is 0 Å². The first kappa shape index (κ1) is 17.2. The van der Waals surface area contributed by atoms with Gasteiger partial charge >= 0.3 is 6.09 Å². The van der Waals surface area contributed by atoms with Gasteiger partial charge in [0.2, 0.25) is 7.98 Å². The normalized spacial score (nSPS) is 17.8. The number of aryl methyl sites for hydroxylation is 1. The van der Waals surface area contributed by atoms with Crippen LogP contribution >= 0.6 is 0 Å². The topological polar surface area (TPSA) is 32.8 Å². The number of hydrogen-bond donors (Lipinski definition) is 0. The number of rotatable bonds is 0. The zero-order valence-electron chi connectivity index (χ0n) is 15.7. The summed E-state index contributed by atoms with van der Waals surface area (Å²) in [6.07, 6.45) is 4.05. The van der Waals surface area contributed by atoms with E-state index in [0.29, 0.717) is 0 Å². The summed E-state index contributed by atoms with van der Waals surface area (Å²) in [6.45, 7) is 10.6. The van der Waals surface area contributed by atoms with E-state index >= 15 is 0 Å². The van der Waals surface area contributed by atoms with Crippen LogP contribution in [0.1, 0.15) is 49.4 Å². The fraction of sp³-hybridized carbons (Fsp3) is 0.632. The van der Waals surface area contributed by atoms with Crippen LogP contribution in [0.2, 0.25) is 0 Å². The quantitative estimate of drug-likeness (QED) is 0.687. The summed E-state index contributed by atoms with van der Waals surface area (Å²) in [7, 11) is 2.20. The van der Waals surface area contributed by atoms with Crippen molar-refractivity contribution in [3.05, 3.63) is 28.3 Å². The van der Waals surface area contributed by atoms with Gasteiger partial charge < -0.3 is 14.4 Å². The van der Waals surface area contributed by atoms with Crippen LogP contribution in [0.15, 0.2) is 6.07 Å². The standard InChI is InChI=1S/C19H29BN2O2/c1-13-16-8-11-21(18(23)24-19(2,3)4)10-7-14(16)12-15-6-5-9-22(20)17(13)15/h12H,5-11,20H2,1-4H3. The molecule has 0 radical (unpaired) electrons. The second-order valence-electron chi connectivity index (χ2n) is 8.14. The Morgan fingerprint density at radius 3 is 2.54 bits per heavy atom. The summed E-state index contributed by atoms with van der Waals surface area (Å²) in [5, 5.41) is 0. The third-order valence-corrected chi connectivity index (χ3v) is 5.10. The Morgan fingerprint density at radius 1 is 1.12 bits per heavy atom. The Bertz CT molecular complexity index is 652. The highest BCUT2D eigenvalue weighted by molar-refractivity contribution is 6.18. The minimum absolute atomic E-state index is 0.185. The lowest BCUT2D eigenvalue weighted by molar-refractivity contribution is 0.0258. The number of carbonyl (C=O) groups excluding carboxylic acids is 1. The highest BCUT2D eigenvalue weighted by atomic mass is 16.6. The number of anilines is 1. The fourth-order valence-corrected chi connectivity index (χ4v) is 4.03. The first-order valence-electron chi connectivity index (χ1n) is 9.09. The van der Waals surface area contributed by atoms with Crippen LogP contribution in [-0.2, 0) is 24.0 Å². The van der Waals surface area contributed by atoms with Crippen LogP contribution in [-0.4, -0.2) is 44.2 Å². The van der Waals surface area contributed by atoms with Gasteiger partial charge in [-0.05, 0) is 75.6 Å². The maximum absolute atomic E-state index is 12.4. The van der Waals surface area contributed by atoms with Crippen molar-refractivity contribution in [1.29, 1.82) is 0 Å². The Balaban J connectivity index is 1.84. The molecule has 1 amide bonds. The third kappa shape index (κ3) is 3.40. The van der Waals surface area contributed by atoms with Gasteiger partial charge in [0, 0.05) is 25.3 Å². The molecule has 0 spiro atoms. The first-order valence-corrected chi connectivity index (χ1v) is 9.09. The smallest absolute Gasteiger partial charge is 0.410 e. The molecule has 4 nitrogen and oxygen atoms in total. The van der Waals surface area contributed by atoms with Crippen LogP contribution in [0.25, 0.3) is 0 Å². The van der Waals surface area contributed by atoms with E-state index in [1.165, 1.54) is 40.8 Å². The largest absolute Gasteiger partial charge is 0.444 e. The molecule has 1 aromatic rings. The Kier molecular flexibility index (Phi) is 4.54. The second kappa shape index (κ2) is 6.34. The Labute approximate surface area is 146 Å². The molecular formula is C19H29BN2O2. The highest BCUT2D eigenvalue weighted by Crippen LogP contribution is 2.35. The SMILES string of the molecule is BN1CCCc2cc3c(c(C)c21)CCN(C(=O)OC(C)(C)C)CC3. The highest BCUT2D eigenvalue weighted by Gasteiger charge is 2.27. The summed E-state index contributed by atoms with van der Waals surface area (Å²) in [6, 6.07) is 2.39. The monoisotopic (exact) mass is 328 g/mol. The molecule has 1 aromatic carbocycles. The zero-order valence-corrected chi connectivity index (χ0v) is 15.7. The van der Waals surface area contributed by atoms with Crippen molar-refractivity contribution in [1.82, 2.24) is 4.90 Å². The van der Waals surface area contributed by atoms with Gasteiger partial charge in [-0.25, -0.2) is 4.79 Å². The predicted octanol–water partition coefficient (Wildman–Crippen LogP) is 2.63. The maximum atomic E-state index is 12.4. The van der Waals surface area contributed by atoms with E-state index in [1.54, 1.807) is 0 Å². The molecule has 0 bridgehead atoms. The van der Waals surface area contributed by atoms with Gasteiger partial charge in [-0.2, -0.15) is 0 Å². The maximum Gasteiger partial charge on any atom is 0.410 e. The lowest BCUT2D eigenvalue weighted by Crippen LogP contribution is -2.38. The van der Waals surface area contributed by atoms with E-state index in [1.807, 2.05) is 25.7 Å². The second-order valence-corrected chi connectivity index (χ2v) is 8.14. The molecule has 0 saturated carbocycles. The molecule has 0 aliphatic carbocycles. The van der Waals surface area contributed by atoms with E-state index in [0.717, 1.165) is 32.5 Å². The molecule has 0 aromatic heterocycles. The van der Waals surface area contributed by atoms with Crippen molar-refractivity contribution < 1.29 is 9.53 Å². The zero-order chi connectivity index (χ0) is 17.5. The van der Waals surface area contributed by atoms with Gasteiger partial charge in [-0.1, -0.05) is 6.07 Å². The van der Waals surface area contributed by atoms with Gasteiger partial charge in [0.1, 0.15) is 5.60 Å². The van der Waals surface area contributed by atoms with Crippen LogP contribution < -0.4 is 4.81 Å². The minimum Gasteiger partial charge on any atom is -0.444 e. The van der Waals surface area contributed by atoms with Crippen LogP contribution in [0.3, 0.4) is 0 Å². The molecule has 2 aliphatic rings. The van der Waals surface area contributed by atoms with E-state index in [-0.39, 0.29) is 6.09 Å². The van der Waals surface area contributed by atoms with Gasteiger partial charge in [-0.3, -0.25) is 0 Å². The third-order valence-electron chi connectivity index (χ3n) is 5.10. The summed E-state index contributed by atoms with van der Waals surface area (Å²) < 4.78 is 5.56. The number of carbonyl (C=O) groups is 1. The lowest BCUT2D eigenvalue weighted by atomic mass is 9.88. The van der Waals surface area contributed by atoms with Crippen LogP contribution in [0.4, 0.5) is 10.5 Å². The average Bonchev–Trinajstić information content (AvgIpc) is 2.68.